The Hall–Kier alpha value is -0.910. The van der Waals surface area contributed by atoms with E-state index in [1.807, 2.05) is 19.9 Å². The first-order valence-electron chi connectivity index (χ1n) is 6.61. The lowest BCUT2D eigenvalue weighted by Crippen LogP contribution is -2.44. The Morgan fingerprint density at radius 2 is 2.11 bits per heavy atom. The highest BCUT2D eigenvalue weighted by Gasteiger charge is 2.66. The van der Waals surface area contributed by atoms with Gasteiger partial charge in [0.05, 0.1) is 13.2 Å². The van der Waals surface area contributed by atoms with Crippen molar-refractivity contribution >= 4 is 5.97 Å². The Morgan fingerprint density at radius 1 is 1.37 bits per heavy atom. The van der Waals surface area contributed by atoms with Crippen molar-refractivity contribution in [2.75, 3.05) is 14.2 Å². The molecule has 3 aliphatic rings. The standard InChI is InChI=1S/C14H20O5/c1-13(2)18-10-9(16-3)7-14(11(10)19-13)6-5-8(14)12(15)17-4/h5,9-11H,6-7H2,1-4H3/t9-,10?,11?,14-/m1/s1. The van der Waals surface area contributed by atoms with Crippen molar-refractivity contribution in [1.82, 2.24) is 0 Å². The first-order valence-corrected chi connectivity index (χ1v) is 6.61. The van der Waals surface area contributed by atoms with Crippen molar-refractivity contribution < 1.29 is 23.7 Å². The van der Waals surface area contributed by atoms with Gasteiger partial charge in [0.15, 0.2) is 5.79 Å². The Kier molecular flexibility index (Phi) is 2.78. The van der Waals surface area contributed by atoms with Crippen LogP contribution in [-0.4, -0.2) is 44.3 Å². The van der Waals surface area contributed by atoms with Gasteiger partial charge in [0, 0.05) is 18.1 Å². The summed E-state index contributed by atoms with van der Waals surface area (Å²) in [5, 5.41) is 0. The molecule has 5 nitrogen and oxygen atoms in total. The summed E-state index contributed by atoms with van der Waals surface area (Å²) in [5.41, 5.74) is 0.414. The number of ether oxygens (including phenoxy) is 4. The van der Waals surface area contributed by atoms with Gasteiger partial charge < -0.3 is 18.9 Å². The van der Waals surface area contributed by atoms with Gasteiger partial charge in [0.1, 0.15) is 12.2 Å². The molecule has 5 heteroatoms. The SMILES string of the molecule is COC(=O)C1=CC[C@@]12C[C@@H](OC)C1OC(C)(C)OC12. The molecule has 1 spiro atoms. The lowest BCUT2D eigenvalue weighted by Gasteiger charge is -2.41. The summed E-state index contributed by atoms with van der Waals surface area (Å²) < 4.78 is 22.4. The summed E-state index contributed by atoms with van der Waals surface area (Å²) >= 11 is 0. The van der Waals surface area contributed by atoms with Crippen LogP contribution in [0.5, 0.6) is 0 Å². The molecule has 0 aromatic rings. The molecule has 0 radical (unpaired) electrons. The topological polar surface area (TPSA) is 54.0 Å². The predicted molar refractivity (Wildman–Crippen MR) is 66.4 cm³/mol. The van der Waals surface area contributed by atoms with Crippen molar-refractivity contribution in [1.29, 1.82) is 0 Å². The van der Waals surface area contributed by atoms with Crippen LogP contribution in [0.2, 0.25) is 0 Å². The van der Waals surface area contributed by atoms with E-state index in [0.717, 1.165) is 12.8 Å². The molecule has 1 saturated heterocycles. The van der Waals surface area contributed by atoms with Crippen molar-refractivity contribution in [3.05, 3.63) is 11.6 Å². The fraction of sp³-hybridized carbons (Fsp3) is 0.786. The average molecular weight is 268 g/mol. The summed E-state index contributed by atoms with van der Waals surface area (Å²) in [6.07, 6.45) is 3.20. The smallest absolute Gasteiger partial charge is 0.334 e. The fourth-order valence-corrected chi connectivity index (χ4v) is 3.62. The van der Waals surface area contributed by atoms with E-state index in [9.17, 15) is 4.79 Å². The first kappa shape index (κ1) is 13.1. The van der Waals surface area contributed by atoms with Gasteiger partial charge in [-0.2, -0.15) is 0 Å². The number of methoxy groups -OCH3 is 2. The van der Waals surface area contributed by atoms with Crippen LogP contribution < -0.4 is 0 Å². The van der Waals surface area contributed by atoms with E-state index in [1.54, 1.807) is 7.11 Å². The third kappa shape index (κ3) is 1.68. The molecule has 0 aromatic carbocycles. The van der Waals surface area contributed by atoms with Gasteiger partial charge >= 0.3 is 5.97 Å². The Balaban J connectivity index is 1.92. The summed E-state index contributed by atoms with van der Waals surface area (Å²) in [6, 6.07) is 0. The Labute approximate surface area is 112 Å². The largest absolute Gasteiger partial charge is 0.466 e. The van der Waals surface area contributed by atoms with Crippen LogP contribution in [0.15, 0.2) is 11.6 Å². The van der Waals surface area contributed by atoms with Crippen LogP contribution in [0, 0.1) is 5.41 Å². The minimum Gasteiger partial charge on any atom is -0.466 e. The van der Waals surface area contributed by atoms with E-state index in [4.69, 9.17) is 18.9 Å². The van der Waals surface area contributed by atoms with Gasteiger partial charge in [0.2, 0.25) is 0 Å². The van der Waals surface area contributed by atoms with Crippen molar-refractivity contribution in [2.24, 2.45) is 5.41 Å². The summed E-state index contributed by atoms with van der Waals surface area (Å²) in [6.45, 7) is 3.79. The van der Waals surface area contributed by atoms with Crippen LogP contribution >= 0.6 is 0 Å². The maximum atomic E-state index is 11.9. The van der Waals surface area contributed by atoms with Crippen LogP contribution in [0.25, 0.3) is 0 Å². The normalized spacial score (nSPS) is 42.7. The highest BCUT2D eigenvalue weighted by molar-refractivity contribution is 5.92. The summed E-state index contributed by atoms with van der Waals surface area (Å²) in [5.74, 6) is -0.897. The van der Waals surface area contributed by atoms with Crippen LogP contribution in [0.3, 0.4) is 0 Å². The molecule has 0 aromatic heterocycles. The summed E-state index contributed by atoms with van der Waals surface area (Å²) in [7, 11) is 3.08. The van der Waals surface area contributed by atoms with E-state index < -0.39 is 5.79 Å². The molecule has 19 heavy (non-hydrogen) atoms. The third-order valence-corrected chi connectivity index (χ3v) is 4.52. The molecule has 0 amide bonds. The number of hydrogen-bond donors (Lipinski definition) is 0. The van der Waals surface area contributed by atoms with E-state index in [1.165, 1.54) is 7.11 Å². The van der Waals surface area contributed by atoms with E-state index in [-0.39, 0.29) is 29.7 Å². The number of fused-ring (bicyclic) bond motifs is 2. The molecule has 4 atom stereocenters. The minimum atomic E-state index is -0.629. The Bertz CT molecular complexity index is 441. The maximum Gasteiger partial charge on any atom is 0.334 e. The van der Waals surface area contributed by atoms with Gasteiger partial charge in [-0.25, -0.2) is 4.79 Å². The first-order chi connectivity index (χ1) is 8.93. The zero-order valence-corrected chi connectivity index (χ0v) is 11.8. The second-order valence-electron chi connectivity index (χ2n) is 5.97. The molecule has 2 fully saturated rings. The molecule has 3 rings (SSSR count). The van der Waals surface area contributed by atoms with Crippen molar-refractivity contribution in [2.45, 2.75) is 50.8 Å². The number of hydrogen-bond acceptors (Lipinski definition) is 5. The maximum absolute atomic E-state index is 11.9. The van der Waals surface area contributed by atoms with Crippen molar-refractivity contribution in [3.63, 3.8) is 0 Å². The predicted octanol–water partition coefficient (Wildman–Crippen LogP) is 1.41. The molecular formula is C14H20O5. The van der Waals surface area contributed by atoms with E-state index in [2.05, 4.69) is 0 Å². The molecule has 2 unspecified atom stereocenters. The second kappa shape index (κ2) is 4.04. The van der Waals surface area contributed by atoms with Crippen LogP contribution in [0.1, 0.15) is 26.7 Å². The Morgan fingerprint density at radius 3 is 2.63 bits per heavy atom. The molecule has 106 valence electrons. The molecule has 1 heterocycles. The highest BCUT2D eigenvalue weighted by Crippen LogP contribution is 2.59. The zero-order valence-electron chi connectivity index (χ0n) is 11.8. The fourth-order valence-electron chi connectivity index (χ4n) is 3.62. The van der Waals surface area contributed by atoms with Crippen LogP contribution in [0.4, 0.5) is 0 Å². The highest BCUT2D eigenvalue weighted by atomic mass is 16.8. The number of rotatable bonds is 2. The van der Waals surface area contributed by atoms with Gasteiger partial charge in [-0.3, -0.25) is 0 Å². The van der Waals surface area contributed by atoms with Gasteiger partial charge in [-0.15, -0.1) is 0 Å². The third-order valence-electron chi connectivity index (χ3n) is 4.52. The molecular weight excluding hydrogens is 248 g/mol. The average Bonchev–Trinajstić information content (AvgIpc) is 2.79. The second-order valence-corrected chi connectivity index (χ2v) is 5.97. The zero-order chi connectivity index (χ0) is 13.8. The summed E-state index contributed by atoms with van der Waals surface area (Å²) in [4.78, 5) is 11.9. The minimum absolute atomic E-state index is 0.0415. The lowest BCUT2D eigenvalue weighted by atomic mass is 9.65. The lowest BCUT2D eigenvalue weighted by molar-refractivity contribution is -0.177. The molecule has 0 bridgehead atoms. The molecule has 2 aliphatic carbocycles. The van der Waals surface area contributed by atoms with E-state index >= 15 is 0 Å². The monoisotopic (exact) mass is 268 g/mol. The molecule has 1 saturated carbocycles. The number of carbonyl (C=O) groups is 1. The number of allylic oxidation sites excluding steroid dienone is 1. The van der Waals surface area contributed by atoms with E-state index in [0.29, 0.717) is 5.57 Å². The quantitative estimate of drug-likeness (QED) is 0.709. The number of carbonyl (C=O) groups excluding carboxylic acids is 1. The van der Waals surface area contributed by atoms with Crippen molar-refractivity contribution in [3.8, 4) is 0 Å². The van der Waals surface area contributed by atoms with Gasteiger partial charge in [0.25, 0.3) is 0 Å². The van der Waals surface area contributed by atoms with Gasteiger partial charge in [-0.1, -0.05) is 6.08 Å². The number of esters is 1. The molecule has 1 aliphatic heterocycles. The molecule has 0 N–H and O–H groups in total. The van der Waals surface area contributed by atoms with Gasteiger partial charge in [-0.05, 0) is 26.7 Å². The van der Waals surface area contributed by atoms with Crippen LogP contribution in [-0.2, 0) is 23.7 Å².